The van der Waals surface area contributed by atoms with Crippen molar-refractivity contribution in [2.24, 2.45) is 0 Å². The van der Waals surface area contributed by atoms with E-state index in [-0.39, 0.29) is 28.2 Å². The van der Waals surface area contributed by atoms with Crippen molar-refractivity contribution in [1.82, 2.24) is 5.32 Å². The summed E-state index contributed by atoms with van der Waals surface area (Å²) >= 11 is 0. The number of carbonyl (C=O) groups excluding carboxylic acids is 1. The minimum absolute atomic E-state index is 0.153. The Labute approximate surface area is 172 Å². The Hall–Kier alpha value is -2.59. The molecule has 2 aromatic rings. The Bertz CT molecular complexity index is 986. The van der Waals surface area contributed by atoms with Gasteiger partial charge in [0.2, 0.25) is 0 Å². The average Bonchev–Trinajstić information content (AvgIpc) is 3.21. The molecule has 162 valence electrons. The smallest absolute Gasteiger partial charge is 0.378 e. The summed E-state index contributed by atoms with van der Waals surface area (Å²) in [5, 5.41) is 2.75. The Morgan fingerprint density at radius 3 is 2.50 bits per heavy atom. The molecule has 30 heavy (non-hydrogen) atoms. The van der Waals surface area contributed by atoms with E-state index in [1.165, 1.54) is 30.3 Å². The predicted octanol–water partition coefficient (Wildman–Crippen LogP) is 3.81. The van der Waals surface area contributed by atoms with Gasteiger partial charge in [0.05, 0.1) is 16.6 Å². The molecule has 0 aromatic heterocycles. The summed E-state index contributed by atoms with van der Waals surface area (Å²) in [4.78, 5) is 12.0. The minimum Gasteiger partial charge on any atom is -0.378 e. The number of nitrogens with one attached hydrogen (secondary N) is 2. The molecule has 1 aliphatic heterocycles. The Morgan fingerprint density at radius 2 is 1.87 bits per heavy atom. The molecule has 3 rings (SSSR count). The number of carbonyl (C=O) groups is 1. The van der Waals surface area contributed by atoms with Crippen LogP contribution in [0.25, 0.3) is 0 Å². The molecule has 0 bridgehead atoms. The molecule has 6 nitrogen and oxygen atoms in total. The highest BCUT2D eigenvalue weighted by molar-refractivity contribution is 7.92. The van der Waals surface area contributed by atoms with E-state index in [1.807, 2.05) is 0 Å². The molecular weight excluding hydrogens is 421 g/mol. The van der Waals surface area contributed by atoms with Crippen molar-refractivity contribution in [2.45, 2.75) is 36.4 Å². The largest absolute Gasteiger partial charge is 0.416 e. The van der Waals surface area contributed by atoms with E-state index < -0.39 is 21.8 Å². The van der Waals surface area contributed by atoms with Crippen LogP contribution in [0.5, 0.6) is 0 Å². The molecule has 0 saturated carbocycles. The number of alkyl halides is 3. The van der Waals surface area contributed by atoms with Gasteiger partial charge in [-0.3, -0.25) is 9.52 Å². The summed E-state index contributed by atoms with van der Waals surface area (Å²) in [6.45, 7) is 1.18. The summed E-state index contributed by atoms with van der Waals surface area (Å²) in [7, 11) is -4.11. The fourth-order valence-electron chi connectivity index (χ4n) is 3.08. The van der Waals surface area contributed by atoms with Crippen LogP contribution >= 0.6 is 0 Å². The summed E-state index contributed by atoms with van der Waals surface area (Å²) in [6.07, 6.45) is -1.73. The maximum Gasteiger partial charge on any atom is 0.416 e. The van der Waals surface area contributed by atoms with Crippen molar-refractivity contribution < 1.29 is 31.1 Å². The van der Waals surface area contributed by atoms with Crippen LogP contribution in [-0.4, -0.2) is 33.6 Å². The molecule has 2 aromatic carbocycles. The van der Waals surface area contributed by atoms with Crippen molar-refractivity contribution in [2.75, 3.05) is 17.9 Å². The van der Waals surface area contributed by atoms with Gasteiger partial charge in [-0.25, -0.2) is 8.42 Å². The van der Waals surface area contributed by atoms with Crippen molar-refractivity contribution in [3.05, 3.63) is 59.7 Å². The molecule has 1 saturated heterocycles. The van der Waals surface area contributed by atoms with Gasteiger partial charge in [-0.2, -0.15) is 13.2 Å². The van der Waals surface area contributed by atoms with Gasteiger partial charge in [0.15, 0.2) is 0 Å². The van der Waals surface area contributed by atoms with Gasteiger partial charge < -0.3 is 10.1 Å². The number of amides is 1. The van der Waals surface area contributed by atoms with E-state index in [2.05, 4.69) is 10.0 Å². The minimum atomic E-state index is -4.58. The van der Waals surface area contributed by atoms with Crippen molar-refractivity contribution >= 4 is 21.6 Å². The van der Waals surface area contributed by atoms with Gasteiger partial charge in [0.25, 0.3) is 15.9 Å². The second-order valence-corrected chi connectivity index (χ2v) is 8.57. The predicted molar refractivity (Wildman–Crippen MR) is 105 cm³/mol. The van der Waals surface area contributed by atoms with Gasteiger partial charge in [-0.1, -0.05) is 6.07 Å². The molecule has 1 atom stereocenters. The van der Waals surface area contributed by atoms with Crippen LogP contribution in [0.2, 0.25) is 0 Å². The number of rotatable bonds is 7. The lowest BCUT2D eigenvalue weighted by molar-refractivity contribution is -0.137. The first-order chi connectivity index (χ1) is 14.1. The van der Waals surface area contributed by atoms with Crippen molar-refractivity contribution in [1.29, 1.82) is 0 Å². The van der Waals surface area contributed by atoms with Crippen molar-refractivity contribution in [3.8, 4) is 0 Å². The summed E-state index contributed by atoms with van der Waals surface area (Å²) in [5.41, 5.74) is -0.890. The highest BCUT2D eigenvalue weighted by atomic mass is 32.2. The SMILES string of the molecule is O=C(NCC[C@@H]1CCCO1)c1ccc(S(=O)(=O)Nc2cccc(C(F)(F)F)c2)cc1. The lowest BCUT2D eigenvalue weighted by Crippen LogP contribution is -2.27. The molecule has 10 heteroatoms. The second-order valence-electron chi connectivity index (χ2n) is 6.89. The fraction of sp³-hybridized carbons (Fsp3) is 0.350. The number of sulfonamides is 1. The average molecular weight is 442 g/mol. The number of benzene rings is 2. The van der Waals surface area contributed by atoms with Gasteiger partial charge >= 0.3 is 6.18 Å². The maximum absolute atomic E-state index is 12.8. The number of hydrogen-bond acceptors (Lipinski definition) is 4. The molecule has 2 N–H and O–H groups in total. The van der Waals surface area contributed by atoms with Crippen LogP contribution in [0.1, 0.15) is 35.2 Å². The number of anilines is 1. The Balaban J connectivity index is 1.62. The summed E-state index contributed by atoms with van der Waals surface area (Å²) in [6, 6.07) is 9.06. The Morgan fingerprint density at radius 1 is 1.13 bits per heavy atom. The topological polar surface area (TPSA) is 84.5 Å². The quantitative estimate of drug-likeness (QED) is 0.683. The molecule has 0 unspecified atom stereocenters. The summed E-state index contributed by atoms with van der Waals surface area (Å²) < 4.78 is 70.9. The van der Waals surface area contributed by atoms with E-state index in [0.29, 0.717) is 19.0 Å². The van der Waals surface area contributed by atoms with Gasteiger partial charge in [-0.05, 0) is 61.7 Å². The number of halogens is 3. The van der Waals surface area contributed by atoms with E-state index in [4.69, 9.17) is 4.74 Å². The highest BCUT2D eigenvalue weighted by Gasteiger charge is 2.30. The van der Waals surface area contributed by atoms with Crippen LogP contribution in [0.15, 0.2) is 53.4 Å². The number of hydrogen-bond donors (Lipinski definition) is 2. The third-order valence-corrected chi connectivity index (χ3v) is 6.04. The van der Waals surface area contributed by atoms with Gasteiger partial charge in [0, 0.05) is 24.4 Å². The first-order valence-electron chi connectivity index (χ1n) is 9.35. The number of ether oxygens (including phenoxy) is 1. The molecule has 1 aliphatic rings. The van der Waals surface area contributed by atoms with Gasteiger partial charge in [0.1, 0.15) is 0 Å². The molecule has 0 spiro atoms. The Kier molecular flexibility index (Phi) is 6.67. The maximum atomic E-state index is 12.8. The normalized spacial score (nSPS) is 17.0. The lowest BCUT2D eigenvalue weighted by Gasteiger charge is -2.12. The van der Waals surface area contributed by atoms with E-state index in [1.54, 1.807) is 0 Å². The third kappa shape index (κ3) is 5.73. The van der Waals surface area contributed by atoms with E-state index >= 15 is 0 Å². The first-order valence-corrected chi connectivity index (χ1v) is 10.8. The van der Waals surface area contributed by atoms with Crippen LogP contribution in [0, 0.1) is 0 Å². The lowest BCUT2D eigenvalue weighted by atomic mass is 10.1. The molecule has 1 heterocycles. The zero-order valence-corrected chi connectivity index (χ0v) is 16.7. The standard InChI is InChI=1S/C20H21F3N2O4S/c21-20(22,23)15-3-1-4-16(13-15)25-30(27,28)18-8-6-14(7-9-18)19(26)24-11-10-17-5-2-12-29-17/h1,3-4,6-9,13,17,25H,2,5,10-12H2,(H,24,26)/t17-/m0/s1. The zero-order valence-electron chi connectivity index (χ0n) is 15.9. The highest BCUT2D eigenvalue weighted by Crippen LogP contribution is 2.31. The monoisotopic (exact) mass is 442 g/mol. The molecule has 1 amide bonds. The van der Waals surface area contributed by atoms with Crippen LogP contribution < -0.4 is 10.0 Å². The van der Waals surface area contributed by atoms with E-state index in [9.17, 15) is 26.4 Å². The van der Waals surface area contributed by atoms with Gasteiger partial charge in [-0.15, -0.1) is 0 Å². The zero-order chi connectivity index (χ0) is 21.8. The third-order valence-electron chi connectivity index (χ3n) is 4.64. The second kappa shape index (κ2) is 9.05. The van der Waals surface area contributed by atoms with E-state index in [0.717, 1.165) is 31.6 Å². The molecule has 0 aliphatic carbocycles. The van der Waals surface area contributed by atoms with Crippen LogP contribution in [0.3, 0.4) is 0 Å². The van der Waals surface area contributed by atoms with Crippen LogP contribution in [-0.2, 0) is 20.9 Å². The molecule has 1 fully saturated rings. The summed E-state index contributed by atoms with van der Waals surface area (Å²) in [5.74, 6) is -0.345. The molecular formula is C20H21F3N2O4S. The first kappa shape index (κ1) is 22.1. The van der Waals surface area contributed by atoms with Crippen molar-refractivity contribution in [3.63, 3.8) is 0 Å². The molecule has 0 radical (unpaired) electrons. The van der Waals surface area contributed by atoms with Crippen LogP contribution in [0.4, 0.5) is 18.9 Å². The fourth-order valence-corrected chi connectivity index (χ4v) is 4.13.